The lowest BCUT2D eigenvalue weighted by Crippen LogP contribution is -2.52. The number of hydrogen-bond donors (Lipinski definition) is 1. The zero-order valence-corrected chi connectivity index (χ0v) is 15.5. The molecule has 1 aliphatic carbocycles. The number of nitrogens with zero attached hydrogens (tertiary/aromatic N) is 3. The highest BCUT2D eigenvalue weighted by Gasteiger charge is 2.27. The molecule has 0 bridgehead atoms. The molecular weight excluding hydrogens is 328 g/mol. The average molecular weight is 358 g/mol. The molecule has 1 aromatic carbocycles. The molecule has 1 saturated carbocycles. The molecule has 2 saturated heterocycles. The van der Waals surface area contributed by atoms with Crippen LogP contribution in [0.15, 0.2) is 24.3 Å². The molecule has 1 amide bonds. The van der Waals surface area contributed by atoms with Gasteiger partial charge >= 0.3 is 0 Å². The fourth-order valence-electron chi connectivity index (χ4n) is 4.02. The van der Waals surface area contributed by atoms with Crippen molar-refractivity contribution in [3.05, 3.63) is 24.3 Å². The van der Waals surface area contributed by atoms with Gasteiger partial charge < -0.3 is 15.0 Å². The largest absolute Gasteiger partial charge is 0.379 e. The lowest BCUT2D eigenvalue weighted by Gasteiger charge is -2.43. The van der Waals surface area contributed by atoms with E-state index < -0.39 is 0 Å². The van der Waals surface area contributed by atoms with Crippen molar-refractivity contribution in [3.8, 4) is 0 Å². The number of hydrogen-bond acceptors (Lipinski definition) is 5. The SMILES string of the molecule is O=C(CN1CCOCC1)Nc1ccc(N2CCN(C3CCC3)CC2)cc1. The van der Waals surface area contributed by atoms with E-state index in [1.54, 1.807) is 0 Å². The van der Waals surface area contributed by atoms with Crippen LogP contribution < -0.4 is 10.2 Å². The number of anilines is 2. The molecule has 0 spiro atoms. The third-order valence-corrected chi connectivity index (χ3v) is 5.89. The first-order valence-electron chi connectivity index (χ1n) is 9.97. The van der Waals surface area contributed by atoms with Crippen LogP contribution in [0.4, 0.5) is 11.4 Å². The molecule has 6 nitrogen and oxygen atoms in total. The fraction of sp³-hybridized carbons (Fsp3) is 0.650. The van der Waals surface area contributed by atoms with E-state index in [1.807, 2.05) is 12.1 Å². The number of rotatable bonds is 5. The summed E-state index contributed by atoms with van der Waals surface area (Å²) < 4.78 is 5.32. The topological polar surface area (TPSA) is 48.1 Å². The number of carbonyl (C=O) groups excluding carboxylic acids is 1. The van der Waals surface area contributed by atoms with Crippen molar-refractivity contribution in [1.82, 2.24) is 9.80 Å². The summed E-state index contributed by atoms with van der Waals surface area (Å²) in [6.45, 7) is 8.07. The van der Waals surface area contributed by atoms with Crippen LogP contribution in [0, 0.1) is 0 Å². The number of carbonyl (C=O) groups is 1. The van der Waals surface area contributed by atoms with Gasteiger partial charge in [-0.05, 0) is 37.1 Å². The molecule has 3 aliphatic rings. The maximum atomic E-state index is 12.2. The molecule has 142 valence electrons. The summed E-state index contributed by atoms with van der Waals surface area (Å²) in [5.41, 5.74) is 2.13. The zero-order chi connectivity index (χ0) is 17.8. The number of benzene rings is 1. The Kier molecular flexibility index (Phi) is 5.72. The van der Waals surface area contributed by atoms with Gasteiger partial charge in [-0.2, -0.15) is 0 Å². The average Bonchev–Trinajstić information content (AvgIpc) is 2.62. The molecule has 1 N–H and O–H groups in total. The zero-order valence-electron chi connectivity index (χ0n) is 15.5. The highest BCUT2D eigenvalue weighted by molar-refractivity contribution is 5.92. The van der Waals surface area contributed by atoms with E-state index >= 15 is 0 Å². The molecule has 2 aliphatic heterocycles. The lowest BCUT2D eigenvalue weighted by molar-refractivity contribution is -0.118. The van der Waals surface area contributed by atoms with Crippen LogP contribution in [0.2, 0.25) is 0 Å². The maximum Gasteiger partial charge on any atom is 0.238 e. The summed E-state index contributed by atoms with van der Waals surface area (Å²) in [7, 11) is 0. The second kappa shape index (κ2) is 8.37. The Morgan fingerprint density at radius 1 is 1.00 bits per heavy atom. The Labute approximate surface area is 156 Å². The van der Waals surface area contributed by atoms with Gasteiger partial charge in [-0.15, -0.1) is 0 Å². The van der Waals surface area contributed by atoms with Crippen molar-refractivity contribution in [2.45, 2.75) is 25.3 Å². The summed E-state index contributed by atoms with van der Waals surface area (Å²) in [5.74, 6) is 0.0498. The van der Waals surface area contributed by atoms with E-state index in [2.05, 4.69) is 32.1 Å². The van der Waals surface area contributed by atoms with Crippen molar-refractivity contribution in [2.75, 3.05) is 69.2 Å². The molecule has 0 radical (unpaired) electrons. The van der Waals surface area contributed by atoms with Crippen LogP contribution >= 0.6 is 0 Å². The quantitative estimate of drug-likeness (QED) is 0.867. The minimum absolute atomic E-state index is 0.0498. The lowest BCUT2D eigenvalue weighted by atomic mass is 9.91. The van der Waals surface area contributed by atoms with Crippen LogP contribution in [0.5, 0.6) is 0 Å². The number of nitrogens with one attached hydrogen (secondary N) is 1. The van der Waals surface area contributed by atoms with Crippen molar-refractivity contribution in [2.24, 2.45) is 0 Å². The Bertz CT molecular complexity index is 588. The van der Waals surface area contributed by atoms with Crippen LogP contribution in [-0.2, 0) is 9.53 Å². The van der Waals surface area contributed by atoms with Gasteiger partial charge in [0.05, 0.1) is 19.8 Å². The predicted octanol–water partition coefficient (Wildman–Crippen LogP) is 1.63. The van der Waals surface area contributed by atoms with Crippen molar-refractivity contribution in [1.29, 1.82) is 0 Å². The predicted molar refractivity (Wildman–Crippen MR) is 104 cm³/mol. The fourth-order valence-corrected chi connectivity index (χ4v) is 4.02. The second-order valence-corrected chi connectivity index (χ2v) is 7.59. The molecule has 2 heterocycles. The Balaban J connectivity index is 1.24. The summed E-state index contributed by atoms with van der Waals surface area (Å²) >= 11 is 0. The van der Waals surface area contributed by atoms with Crippen LogP contribution in [0.1, 0.15) is 19.3 Å². The van der Waals surface area contributed by atoms with Gasteiger partial charge in [0.15, 0.2) is 0 Å². The van der Waals surface area contributed by atoms with Gasteiger partial charge in [0, 0.05) is 56.7 Å². The van der Waals surface area contributed by atoms with E-state index in [0.717, 1.165) is 51.1 Å². The summed E-state index contributed by atoms with van der Waals surface area (Å²) in [6, 6.07) is 9.14. The molecule has 26 heavy (non-hydrogen) atoms. The number of piperazine rings is 1. The highest BCUT2D eigenvalue weighted by atomic mass is 16.5. The highest BCUT2D eigenvalue weighted by Crippen LogP contribution is 2.27. The van der Waals surface area contributed by atoms with Crippen LogP contribution in [0.3, 0.4) is 0 Å². The molecule has 6 heteroatoms. The Hall–Kier alpha value is -1.63. The maximum absolute atomic E-state index is 12.2. The van der Waals surface area contributed by atoms with E-state index in [0.29, 0.717) is 6.54 Å². The summed E-state index contributed by atoms with van der Waals surface area (Å²) in [6.07, 6.45) is 4.18. The Morgan fingerprint density at radius 3 is 2.31 bits per heavy atom. The van der Waals surface area contributed by atoms with Crippen LogP contribution in [-0.4, -0.2) is 80.8 Å². The molecule has 4 rings (SSSR count). The first-order valence-corrected chi connectivity index (χ1v) is 9.97. The molecular formula is C20H30N4O2. The normalized spacial score (nSPS) is 22.8. The molecule has 0 atom stereocenters. The van der Waals surface area contributed by atoms with Gasteiger partial charge in [-0.1, -0.05) is 6.42 Å². The monoisotopic (exact) mass is 358 g/mol. The minimum Gasteiger partial charge on any atom is -0.379 e. The molecule has 0 aromatic heterocycles. The van der Waals surface area contributed by atoms with Gasteiger partial charge in [0.1, 0.15) is 0 Å². The first kappa shape index (κ1) is 17.8. The smallest absolute Gasteiger partial charge is 0.238 e. The third kappa shape index (κ3) is 4.37. The second-order valence-electron chi connectivity index (χ2n) is 7.59. The standard InChI is InChI=1S/C20H30N4O2/c25-20(16-22-12-14-26-15-13-22)21-17-4-6-19(7-5-17)24-10-8-23(9-11-24)18-2-1-3-18/h4-7,18H,1-3,8-16H2,(H,21,25). The Morgan fingerprint density at radius 2 is 1.69 bits per heavy atom. The van der Waals surface area contributed by atoms with Crippen molar-refractivity contribution in [3.63, 3.8) is 0 Å². The minimum atomic E-state index is 0.0498. The first-order chi connectivity index (χ1) is 12.8. The van der Waals surface area contributed by atoms with Crippen molar-refractivity contribution >= 4 is 17.3 Å². The van der Waals surface area contributed by atoms with Gasteiger partial charge in [0.25, 0.3) is 0 Å². The number of amides is 1. The third-order valence-electron chi connectivity index (χ3n) is 5.89. The van der Waals surface area contributed by atoms with E-state index in [4.69, 9.17) is 4.74 Å². The van der Waals surface area contributed by atoms with Crippen LogP contribution in [0.25, 0.3) is 0 Å². The number of ether oxygens (including phenoxy) is 1. The summed E-state index contributed by atoms with van der Waals surface area (Å²) in [5, 5.41) is 3.01. The van der Waals surface area contributed by atoms with Gasteiger partial charge in [-0.3, -0.25) is 14.6 Å². The number of morpholine rings is 1. The van der Waals surface area contributed by atoms with Crippen molar-refractivity contribution < 1.29 is 9.53 Å². The summed E-state index contributed by atoms with van der Waals surface area (Å²) in [4.78, 5) is 19.4. The molecule has 3 fully saturated rings. The molecule has 0 unspecified atom stereocenters. The molecule has 1 aromatic rings. The van der Waals surface area contributed by atoms with E-state index in [-0.39, 0.29) is 5.91 Å². The van der Waals surface area contributed by atoms with Gasteiger partial charge in [0.2, 0.25) is 5.91 Å². The van der Waals surface area contributed by atoms with E-state index in [1.165, 1.54) is 38.0 Å². The van der Waals surface area contributed by atoms with Gasteiger partial charge in [-0.25, -0.2) is 0 Å². The van der Waals surface area contributed by atoms with E-state index in [9.17, 15) is 4.79 Å².